The molecular weight excluding hydrogens is 232 g/mol. The van der Waals surface area contributed by atoms with Crippen molar-refractivity contribution in [1.29, 1.82) is 0 Å². The minimum atomic E-state index is -0.148. The van der Waals surface area contributed by atoms with Gasteiger partial charge in [-0.3, -0.25) is 4.79 Å². The molecule has 3 nitrogen and oxygen atoms in total. The van der Waals surface area contributed by atoms with Crippen molar-refractivity contribution >= 4 is 28.8 Å². The van der Waals surface area contributed by atoms with E-state index in [2.05, 4.69) is 24.1 Å². The van der Waals surface area contributed by atoms with Gasteiger partial charge in [-0.05, 0) is 12.3 Å². The highest BCUT2D eigenvalue weighted by Crippen LogP contribution is 2.09. The maximum atomic E-state index is 11.5. The molecule has 1 heterocycles. The van der Waals surface area contributed by atoms with E-state index < -0.39 is 0 Å². The average Bonchev–Trinajstić information content (AvgIpc) is 2.65. The summed E-state index contributed by atoms with van der Waals surface area (Å²) < 4.78 is 0. The Labute approximate surface area is 98.9 Å². The van der Waals surface area contributed by atoms with Crippen LogP contribution in [0.25, 0.3) is 0 Å². The summed E-state index contributed by atoms with van der Waals surface area (Å²) in [6, 6.07) is 0. The molecule has 0 radical (unpaired) electrons. The molecular formula is C10H15ClN2OS. The smallest absolute Gasteiger partial charge is 0.270 e. The van der Waals surface area contributed by atoms with Crippen molar-refractivity contribution in [2.45, 2.75) is 25.6 Å². The van der Waals surface area contributed by atoms with Crippen LogP contribution in [0.1, 0.15) is 30.8 Å². The number of nitrogens with zero attached hydrogens (tertiary/aromatic N) is 1. The number of hydrogen-bond acceptors (Lipinski definition) is 3. The van der Waals surface area contributed by atoms with Crippen molar-refractivity contribution < 1.29 is 4.79 Å². The van der Waals surface area contributed by atoms with Gasteiger partial charge in [0.25, 0.3) is 5.91 Å². The van der Waals surface area contributed by atoms with Gasteiger partial charge < -0.3 is 5.32 Å². The summed E-state index contributed by atoms with van der Waals surface area (Å²) in [5.74, 6) is 0.398. The van der Waals surface area contributed by atoms with Crippen LogP contribution in [0.4, 0.5) is 0 Å². The first kappa shape index (κ1) is 12.5. The van der Waals surface area contributed by atoms with Crippen molar-refractivity contribution in [2.75, 3.05) is 6.54 Å². The standard InChI is InChI=1S/C10H15ClN2OS/c1-7(2)3-8(11)4-12-10(14)9-5-15-6-13-9/h5-8H,3-4H2,1-2H3,(H,12,14). The molecule has 1 unspecified atom stereocenters. The average molecular weight is 247 g/mol. The van der Waals surface area contributed by atoms with E-state index in [1.165, 1.54) is 11.3 Å². The van der Waals surface area contributed by atoms with Crippen LogP contribution in [0, 0.1) is 5.92 Å². The van der Waals surface area contributed by atoms with E-state index in [1.54, 1.807) is 10.9 Å². The lowest BCUT2D eigenvalue weighted by Gasteiger charge is -2.12. The Bertz CT molecular complexity index is 300. The van der Waals surface area contributed by atoms with Gasteiger partial charge in [-0.25, -0.2) is 4.98 Å². The Balaban J connectivity index is 2.28. The van der Waals surface area contributed by atoms with Gasteiger partial charge in [0.05, 0.1) is 10.9 Å². The fourth-order valence-corrected chi connectivity index (χ4v) is 2.18. The van der Waals surface area contributed by atoms with Gasteiger partial charge in [0.1, 0.15) is 5.69 Å². The molecule has 0 bridgehead atoms. The van der Waals surface area contributed by atoms with Crippen LogP contribution in [0.15, 0.2) is 10.9 Å². The Morgan fingerprint density at radius 1 is 1.67 bits per heavy atom. The summed E-state index contributed by atoms with van der Waals surface area (Å²) in [5, 5.41) is 4.48. The number of rotatable bonds is 5. The molecule has 1 rings (SSSR count). The van der Waals surface area contributed by atoms with Crippen LogP contribution in [-0.4, -0.2) is 22.8 Å². The van der Waals surface area contributed by atoms with Gasteiger partial charge in [-0.2, -0.15) is 0 Å². The maximum absolute atomic E-state index is 11.5. The number of halogens is 1. The number of hydrogen-bond donors (Lipinski definition) is 1. The molecule has 15 heavy (non-hydrogen) atoms. The lowest BCUT2D eigenvalue weighted by molar-refractivity contribution is 0.0948. The molecule has 0 saturated heterocycles. The van der Waals surface area contributed by atoms with Crippen molar-refractivity contribution in [3.8, 4) is 0 Å². The van der Waals surface area contributed by atoms with Crippen LogP contribution in [0.5, 0.6) is 0 Å². The Morgan fingerprint density at radius 3 is 2.93 bits per heavy atom. The molecule has 5 heteroatoms. The largest absolute Gasteiger partial charge is 0.349 e. The third-order valence-electron chi connectivity index (χ3n) is 1.88. The zero-order valence-electron chi connectivity index (χ0n) is 8.87. The predicted molar refractivity (Wildman–Crippen MR) is 63.5 cm³/mol. The zero-order chi connectivity index (χ0) is 11.3. The molecule has 0 aromatic carbocycles. The molecule has 1 N–H and O–H groups in total. The molecule has 1 aromatic heterocycles. The quantitative estimate of drug-likeness (QED) is 0.812. The van der Waals surface area contributed by atoms with Crippen LogP contribution in [-0.2, 0) is 0 Å². The highest BCUT2D eigenvalue weighted by Gasteiger charge is 2.11. The van der Waals surface area contributed by atoms with E-state index in [-0.39, 0.29) is 11.3 Å². The third kappa shape index (κ3) is 4.62. The molecule has 1 aromatic rings. The van der Waals surface area contributed by atoms with E-state index in [0.717, 1.165) is 6.42 Å². The first-order chi connectivity index (χ1) is 7.09. The number of alkyl halides is 1. The second-order valence-corrected chi connectivity index (χ2v) is 5.15. The summed E-state index contributed by atoms with van der Waals surface area (Å²) in [7, 11) is 0. The minimum Gasteiger partial charge on any atom is -0.349 e. The Kier molecular flexibility index (Phi) is 5.05. The van der Waals surface area contributed by atoms with E-state index in [4.69, 9.17) is 11.6 Å². The summed E-state index contributed by atoms with van der Waals surface area (Å²) in [6.07, 6.45) is 0.902. The van der Waals surface area contributed by atoms with Gasteiger partial charge in [0.15, 0.2) is 0 Å². The Hall–Kier alpha value is -0.610. The first-order valence-electron chi connectivity index (χ1n) is 4.90. The molecule has 0 aliphatic carbocycles. The van der Waals surface area contributed by atoms with Gasteiger partial charge >= 0.3 is 0 Å². The topological polar surface area (TPSA) is 42.0 Å². The predicted octanol–water partition coefficient (Wildman–Crippen LogP) is 2.53. The molecule has 0 fully saturated rings. The first-order valence-corrected chi connectivity index (χ1v) is 6.28. The second kappa shape index (κ2) is 6.08. The van der Waals surface area contributed by atoms with Gasteiger partial charge in [-0.1, -0.05) is 13.8 Å². The molecule has 0 aliphatic heterocycles. The minimum absolute atomic E-state index is 0.00687. The molecule has 0 saturated carbocycles. The molecule has 0 spiro atoms. The summed E-state index contributed by atoms with van der Waals surface area (Å²) in [4.78, 5) is 15.4. The molecule has 0 aliphatic rings. The van der Waals surface area contributed by atoms with E-state index >= 15 is 0 Å². The van der Waals surface area contributed by atoms with Crippen LogP contribution in [0.2, 0.25) is 0 Å². The number of carbonyl (C=O) groups is 1. The van der Waals surface area contributed by atoms with E-state index in [0.29, 0.717) is 18.2 Å². The second-order valence-electron chi connectivity index (χ2n) is 3.81. The lowest BCUT2D eigenvalue weighted by Crippen LogP contribution is -2.30. The third-order valence-corrected chi connectivity index (χ3v) is 2.80. The van der Waals surface area contributed by atoms with E-state index in [1.807, 2.05) is 0 Å². The van der Waals surface area contributed by atoms with Crippen molar-refractivity contribution in [3.63, 3.8) is 0 Å². The van der Waals surface area contributed by atoms with Crippen LogP contribution in [0.3, 0.4) is 0 Å². The van der Waals surface area contributed by atoms with Gasteiger partial charge in [0, 0.05) is 11.9 Å². The fourth-order valence-electron chi connectivity index (χ4n) is 1.21. The van der Waals surface area contributed by atoms with Crippen LogP contribution >= 0.6 is 22.9 Å². The number of thiazole rings is 1. The normalized spacial score (nSPS) is 12.8. The summed E-state index contributed by atoms with van der Waals surface area (Å²) >= 11 is 7.46. The number of amides is 1. The Morgan fingerprint density at radius 2 is 2.40 bits per heavy atom. The van der Waals surface area contributed by atoms with Crippen molar-refractivity contribution in [2.24, 2.45) is 5.92 Å². The van der Waals surface area contributed by atoms with Crippen molar-refractivity contribution in [3.05, 3.63) is 16.6 Å². The van der Waals surface area contributed by atoms with Crippen molar-refractivity contribution in [1.82, 2.24) is 10.3 Å². The number of aromatic nitrogens is 1. The van der Waals surface area contributed by atoms with Gasteiger partial charge in [-0.15, -0.1) is 22.9 Å². The van der Waals surface area contributed by atoms with Gasteiger partial charge in [0.2, 0.25) is 0 Å². The molecule has 84 valence electrons. The highest BCUT2D eigenvalue weighted by molar-refractivity contribution is 7.07. The zero-order valence-corrected chi connectivity index (χ0v) is 10.4. The summed E-state index contributed by atoms with van der Waals surface area (Å²) in [5.41, 5.74) is 2.11. The van der Waals surface area contributed by atoms with Crippen LogP contribution < -0.4 is 5.32 Å². The number of nitrogens with one attached hydrogen (secondary N) is 1. The SMILES string of the molecule is CC(C)CC(Cl)CNC(=O)c1cscn1. The molecule has 1 amide bonds. The lowest BCUT2D eigenvalue weighted by atomic mass is 10.1. The fraction of sp³-hybridized carbons (Fsp3) is 0.600. The van der Waals surface area contributed by atoms with E-state index in [9.17, 15) is 4.79 Å². The summed E-state index contributed by atoms with van der Waals surface area (Å²) in [6.45, 7) is 4.71. The monoisotopic (exact) mass is 246 g/mol. The molecule has 1 atom stereocenters. The number of carbonyl (C=O) groups excluding carboxylic acids is 1. The maximum Gasteiger partial charge on any atom is 0.270 e. The highest BCUT2D eigenvalue weighted by atomic mass is 35.5.